The number of phenols is 1. The van der Waals surface area contributed by atoms with E-state index in [4.69, 9.17) is 4.74 Å². The summed E-state index contributed by atoms with van der Waals surface area (Å²) >= 11 is 0. The van der Waals surface area contributed by atoms with Crippen molar-refractivity contribution in [1.29, 1.82) is 0 Å². The van der Waals surface area contributed by atoms with Crippen molar-refractivity contribution in [3.05, 3.63) is 118 Å². The highest BCUT2D eigenvalue weighted by Crippen LogP contribution is 2.63. The van der Waals surface area contributed by atoms with Crippen LogP contribution in [0.3, 0.4) is 0 Å². The molecule has 0 spiro atoms. The SMILES string of the molecule is COC(=O)N1C(=O)C2CC=C3C(CC4C(=O)C(c5ccccc5)=CC(=O)C4(c4ccccc4)C3c3cc(C)c(O)c(C)c3)C2C1=O. The molecule has 1 heterocycles. The maximum Gasteiger partial charge on any atom is 0.423 e. The fourth-order valence-corrected chi connectivity index (χ4v) is 8.68. The number of aromatic hydroxyl groups is 1. The summed E-state index contributed by atoms with van der Waals surface area (Å²) < 4.78 is 4.80. The van der Waals surface area contributed by atoms with Crippen LogP contribution >= 0.6 is 0 Å². The number of aryl methyl sites for hydroxylation is 2. The number of fused-ring (bicyclic) bond motifs is 4. The van der Waals surface area contributed by atoms with Gasteiger partial charge in [-0.1, -0.05) is 84.4 Å². The number of hydrogen-bond donors (Lipinski definition) is 1. The highest BCUT2D eigenvalue weighted by Gasteiger charge is 2.66. The Morgan fingerprint density at radius 3 is 2.15 bits per heavy atom. The summed E-state index contributed by atoms with van der Waals surface area (Å²) in [6.07, 6.45) is 2.72. The van der Waals surface area contributed by atoms with Gasteiger partial charge in [0.1, 0.15) is 5.75 Å². The lowest BCUT2D eigenvalue weighted by molar-refractivity contribution is -0.138. The molecular formula is C38H33NO7. The lowest BCUT2D eigenvalue weighted by atomic mass is 9.44. The molecule has 3 aromatic carbocycles. The Labute approximate surface area is 266 Å². The number of nitrogens with zero attached hydrogens (tertiary/aromatic N) is 1. The normalized spacial score (nSPS) is 28.6. The van der Waals surface area contributed by atoms with Crippen LogP contribution in [0.15, 0.2) is 90.5 Å². The minimum atomic E-state index is -1.37. The molecule has 6 atom stereocenters. The lowest BCUT2D eigenvalue weighted by Gasteiger charge is -2.55. The van der Waals surface area contributed by atoms with E-state index in [-0.39, 0.29) is 30.2 Å². The first-order valence-electron chi connectivity index (χ1n) is 15.5. The zero-order valence-electron chi connectivity index (χ0n) is 25.7. The molecule has 3 amide bonds. The highest BCUT2D eigenvalue weighted by molar-refractivity contribution is 6.31. The van der Waals surface area contributed by atoms with E-state index < -0.39 is 52.9 Å². The Morgan fingerprint density at radius 1 is 0.891 bits per heavy atom. The number of carbonyl (C=O) groups excluding carboxylic acids is 5. The van der Waals surface area contributed by atoms with E-state index >= 15 is 4.79 Å². The van der Waals surface area contributed by atoms with Crippen LogP contribution in [0, 0.1) is 37.5 Å². The van der Waals surface area contributed by atoms with E-state index in [1.807, 2.05) is 66.7 Å². The second kappa shape index (κ2) is 10.8. The number of allylic oxidation sites excluding steroid dienone is 4. The molecule has 6 unspecified atom stereocenters. The van der Waals surface area contributed by atoms with E-state index in [0.29, 0.717) is 32.7 Å². The Morgan fingerprint density at radius 2 is 1.52 bits per heavy atom. The van der Waals surface area contributed by atoms with Crippen LogP contribution in [-0.2, 0) is 29.3 Å². The molecule has 46 heavy (non-hydrogen) atoms. The van der Waals surface area contributed by atoms with E-state index in [1.165, 1.54) is 6.08 Å². The molecule has 1 saturated heterocycles. The molecule has 8 nitrogen and oxygen atoms in total. The minimum absolute atomic E-state index is 0.136. The van der Waals surface area contributed by atoms with Gasteiger partial charge in [0.05, 0.1) is 24.4 Å². The van der Waals surface area contributed by atoms with Crippen molar-refractivity contribution in [2.45, 2.75) is 38.0 Å². The van der Waals surface area contributed by atoms with E-state index in [1.54, 1.807) is 26.0 Å². The van der Waals surface area contributed by atoms with Gasteiger partial charge in [-0.05, 0) is 66.5 Å². The van der Waals surface area contributed by atoms with Gasteiger partial charge in [0, 0.05) is 17.4 Å². The van der Waals surface area contributed by atoms with Crippen molar-refractivity contribution in [3.63, 3.8) is 0 Å². The number of carbonyl (C=O) groups is 5. The fourth-order valence-electron chi connectivity index (χ4n) is 8.68. The minimum Gasteiger partial charge on any atom is -0.507 e. The summed E-state index contributed by atoms with van der Waals surface area (Å²) in [5.41, 5.74) is 3.00. The van der Waals surface area contributed by atoms with Crippen LogP contribution in [0.1, 0.15) is 46.6 Å². The standard InChI is InChI=1S/C38H33NO7/c1-20-16-23(17-21(2)33(20)41)32-25-14-15-26-31(36(44)39(35(26)43)37(45)46-3)28(25)18-29-34(42)27(22-10-6-4-7-11-22)19-30(40)38(29,32)24-12-8-5-9-13-24/h4-14,16-17,19,26,28-29,31-32,41H,15,18H2,1-3H3. The predicted molar refractivity (Wildman–Crippen MR) is 168 cm³/mol. The summed E-state index contributed by atoms with van der Waals surface area (Å²) in [5, 5.41) is 10.7. The van der Waals surface area contributed by atoms with Crippen molar-refractivity contribution in [3.8, 4) is 5.75 Å². The number of rotatable bonds is 3. The number of benzene rings is 3. The smallest absolute Gasteiger partial charge is 0.423 e. The van der Waals surface area contributed by atoms with Gasteiger partial charge in [0.2, 0.25) is 11.8 Å². The van der Waals surface area contributed by atoms with Crippen LogP contribution < -0.4 is 0 Å². The Bertz CT molecular complexity index is 1870. The van der Waals surface area contributed by atoms with Gasteiger partial charge in [-0.3, -0.25) is 19.2 Å². The molecule has 232 valence electrons. The van der Waals surface area contributed by atoms with E-state index in [9.17, 15) is 24.3 Å². The molecule has 4 aliphatic rings. The Kier molecular flexibility index (Phi) is 6.92. The van der Waals surface area contributed by atoms with Crippen LogP contribution in [-0.4, -0.2) is 46.6 Å². The maximum absolute atomic E-state index is 15.0. The summed E-state index contributed by atoms with van der Waals surface area (Å²) in [6, 6.07) is 22.1. The van der Waals surface area contributed by atoms with Gasteiger partial charge in [-0.25, -0.2) is 4.79 Å². The molecule has 8 heteroatoms. The number of phenolic OH excluding ortho intramolecular Hbond substituents is 1. The van der Waals surface area contributed by atoms with Crippen LogP contribution in [0.4, 0.5) is 4.79 Å². The lowest BCUT2D eigenvalue weighted by Crippen LogP contribution is -2.58. The highest BCUT2D eigenvalue weighted by atomic mass is 16.5. The zero-order valence-corrected chi connectivity index (χ0v) is 25.7. The number of hydrogen-bond acceptors (Lipinski definition) is 7. The van der Waals surface area contributed by atoms with Crippen LogP contribution in [0.2, 0.25) is 0 Å². The van der Waals surface area contributed by atoms with Gasteiger partial charge in [-0.2, -0.15) is 4.90 Å². The number of imide groups is 3. The quantitative estimate of drug-likeness (QED) is 0.301. The molecule has 1 N–H and O–H groups in total. The van der Waals surface area contributed by atoms with E-state index in [2.05, 4.69) is 0 Å². The molecule has 0 aromatic heterocycles. The third kappa shape index (κ3) is 4.02. The largest absolute Gasteiger partial charge is 0.507 e. The third-order valence-electron chi connectivity index (χ3n) is 10.6. The van der Waals surface area contributed by atoms with Gasteiger partial charge in [0.25, 0.3) is 0 Å². The number of ketones is 2. The fraction of sp³-hybridized carbons (Fsp3) is 0.289. The molecule has 3 aliphatic carbocycles. The molecule has 2 fully saturated rings. The van der Waals surface area contributed by atoms with Crippen LogP contribution in [0.25, 0.3) is 5.57 Å². The first-order chi connectivity index (χ1) is 22.1. The summed E-state index contributed by atoms with van der Waals surface area (Å²) in [7, 11) is 1.12. The number of methoxy groups -OCH3 is 1. The molecule has 0 bridgehead atoms. The van der Waals surface area contributed by atoms with Crippen molar-refractivity contribution in [2.75, 3.05) is 7.11 Å². The molecule has 1 aliphatic heterocycles. The number of Topliss-reactive ketones (excluding diaryl/α,β-unsaturated/α-hetero) is 1. The predicted octanol–water partition coefficient (Wildman–Crippen LogP) is 5.60. The summed E-state index contributed by atoms with van der Waals surface area (Å²) in [5.74, 6) is -5.41. The average Bonchev–Trinajstić information content (AvgIpc) is 3.33. The summed E-state index contributed by atoms with van der Waals surface area (Å²) in [4.78, 5) is 70.4. The first-order valence-corrected chi connectivity index (χ1v) is 15.5. The van der Waals surface area contributed by atoms with Crippen molar-refractivity contribution < 1.29 is 33.8 Å². The van der Waals surface area contributed by atoms with Crippen molar-refractivity contribution in [1.82, 2.24) is 4.90 Å². The molecule has 7 rings (SSSR count). The Hall–Kier alpha value is -5.11. The van der Waals surface area contributed by atoms with Gasteiger partial charge >= 0.3 is 6.09 Å². The van der Waals surface area contributed by atoms with Gasteiger partial charge in [-0.15, -0.1) is 0 Å². The second-order valence-corrected chi connectivity index (χ2v) is 12.8. The maximum atomic E-state index is 15.0. The topological polar surface area (TPSA) is 118 Å². The second-order valence-electron chi connectivity index (χ2n) is 12.8. The summed E-state index contributed by atoms with van der Waals surface area (Å²) in [6.45, 7) is 3.58. The van der Waals surface area contributed by atoms with Crippen molar-refractivity contribution >= 4 is 35.0 Å². The molecule has 3 aromatic rings. The average molecular weight is 616 g/mol. The third-order valence-corrected chi connectivity index (χ3v) is 10.6. The Balaban J connectivity index is 1.52. The monoisotopic (exact) mass is 615 g/mol. The van der Waals surface area contributed by atoms with Crippen molar-refractivity contribution in [2.24, 2.45) is 23.7 Å². The molecule has 0 radical (unpaired) electrons. The van der Waals surface area contributed by atoms with Gasteiger partial charge in [0.15, 0.2) is 11.6 Å². The van der Waals surface area contributed by atoms with Crippen LogP contribution in [0.5, 0.6) is 5.75 Å². The van der Waals surface area contributed by atoms with Gasteiger partial charge < -0.3 is 9.84 Å². The number of amides is 3. The molecular weight excluding hydrogens is 582 g/mol. The zero-order chi connectivity index (χ0) is 32.5. The number of ether oxygens (including phenoxy) is 1. The molecule has 1 saturated carbocycles. The number of likely N-dealkylation sites (tertiary alicyclic amines) is 1. The van der Waals surface area contributed by atoms with E-state index in [0.717, 1.165) is 18.2 Å². The first kappa shape index (κ1) is 29.6.